The fraction of sp³-hybridized carbons (Fsp3) is 0.588. The average molecular weight is 2060 g/mol. The lowest BCUT2D eigenvalue weighted by Gasteiger charge is -2.22. The molecule has 15 rings (SSSR count). The van der Waals surface area contributed by atoms with Crippen LogP contribution in [0.1, 0.15) is 290 Å². The van der Waals surface area contributed by atoms with Crippen LogP contribution in [0.4, 0.5) is 49.6 Å². The molecule has 0 aromatic carbocycles. The Morgan fingerprint density at radius 3 is 1.00 bits per heavy atom. The van der Waals surface area contributed by atoms with Gasteiger partial charge in [0.25, 0.3) is 65.0 Å². The number of aliphatic hydroxyl groups is 2. The van der Waals surface area contributed by atoms with E-state index in [9.17, 15) is 83.3 Å². The number of aryl methyl sites for hydroxylation is 4. The normalized spacial score (nSPS) is 20.6. The van der Waals surface area contributed by atoms with E-state index in [2.05, 4.69) is 131 Å². The molecule has 33 nitrogen and oxygen atoms in total. The zero-order chi connectivity index (χ0) is 103. The van der Waals surface area contributed by atoms with E-state index in [4.69, 9.17) is 4.74 Å². The molecule has 8 aromatic heterocycles. The van der Waals surface area contributed by atoms with Crippen molar-refractivity contribution in [1.29, 1.82) is 0 Å². The number of ether oxygens (including phenoxy) is 1. The lowest BCUT2D eigenvalue weighted by Crippen LogP contribution is -2.41. The highest BCUT2D eigenvalue weighted by Crippen LogP contribution is 2.46. The molecule has 44 heteroatoms. The Balaban J connectivity index is 0.000000168. The van der Waals surface area contributed by atoms with E-state index in [0.717, 1.165) is 127 Å². The van der Waals surface area contributed by atoms with Gasteiger partial charge in [-0.15, -0.1) is 45.3 Å². The Kier molecular flexibility index (Phi) is 35.7. The van der Waals surface area contributed by atoms with Gasteiger partial charge < -0.3 is 77.1 Å². The van der Waals surface area contributed by atoms with Crippen LogP contribution in [-0.4, -0.2) is 279 Å². The maximum absolute atomic E-state index is 14.1. The van der Waals surface area contributed by atoms with Crippen LogP contribution in [0.3, 0.4) is 0 Å². The van der Waals surface area contributed by atoms with Crippen LogP contribution >= 0.6 is 45.3 Å². The number of hydrogen-bond acceptors (Lipinski definition) is 29. The molecule has 141 heavy (non-hydrogen) atoms. The number of nitrogens with one attached hydrogen (secondary N) is 8. The van der Waals surface area contributed by atoms with Crippen LogP contribution in [0.25, 0.3) is 41.8 Å². The van der Waals surface area contributed by atoms with Crippen molar-refractivity contribution in [2.75, 3.05) is 78.8 Å². The molecule has 8 amide bonds. The fourth-order valence-corrected chi connectivity index (χ4v) is 23.2. The Labute approximate surface area is 834 Å². The van der Waals surface area contributed by atoms with E-state index in [-0.39, 0.29) is 127 Å². The van der Waals surface area contributed by atoms with E-state index < -0.39 is 126 Å². The molecule has 0 saturated carbocycles. The van der Waals surface area contributed by atoms with Gasteiger partial charge in [-0.3, -0.25) is 38.4 Å². The molecule has 768 valence electrons. The highest BCUT2D eigenvalue weighted by molar-refractivity contribution is 7.91. The number of nitrogens with zero attached hydrogens (tertiary/aromatic N) is 12. The number of pyridine rings is 4. The van der Waals surface area contributed by atoms with Gasteiger partial charge in [-0.25, -0.2) is 74.6 Å². The lowest BCUT2D eigenvalue weighted by atomic mass is 10.0. The number of hydrogen-bond donors (Lipinski definition) is 10. The number of aromatic nitrogens is 8. The minimum Gasteiger partial charge on any atom is -0.394 e. The first kappa shape index (κ1) is 109. The van der Waals surface area contributed by atoms with Gasteiger partial charge >= 0.3 is 0 Å². The van der Waals surface area contributed by atoms with Crippen molar-refractivity contribution < 1.29 is 88.1 Å². The molecule has 7 fully saturated rings. The number of aliphatic hydroxyl groups excluding tert-OH is 2. The maximum atomic E-state index is 14.1. The molecular formula is C97H130F6N20O13S5. The van der Waals surface area contributed by atoms with Crippen LogP contribution in [0, 0.1) is 27.7 Å². The second kappa shape index (κ2) is 46.0. The third kappa shape index (κ3) is 27.5. The number of alkyl halides is 6. The number of rotatable bonds is 28. The standard InChI is InChI=1S/C25H33F2N5O4S2.C25H33F2N5O3S.C24H33N5O3S.C23H31F2N5O3S/c1-5-15(3)29-19-10-14(2)18(12-28-19)21-20(24(34)32-13-25(26,27)11-16(32)4)31-23(37-21)22(33)30-17-6-8-38(35,36)9-7-17;1-5-15(3)29-19-10-14(2)18(12-28-19)21-20(24(34)32-13-25(26,27)11-16(32)4)31-23(36-21)22(33)30-17-6-8-35-9-7-17;1-13-10-18(28-24(3,4)5)25-11-17(13)20-19(23(32)29-15-6-7-16(29)9-8-15)27-22(33-20)21(31)26-14(2)12-30;1-6-13(3)27-17-7-12(2)16(9-26-17)19-18(22(33)30-11-23(24,25)8-15(30)5)29-21(34-19)20(32)28-14(4)10-31/h10,12,15-17H,5-9,11,13H2,1-4H3,(H,28,29)(H,30,33);10,12,15-17H,5-9,11,13H2,1-4H3,(H,28,29)(H,30,33);10-11,14-16,30H,6-9,12H2,1-5H3,(H,25,28)(H,26,31);7,9,13-15,31H,6,8,10-11H2,1-5H3,(H,26,27)(H,28,32)/t2*15-,16+;14-,15?,16?;13-,14-,15+/m1111/s1. The SMILES string of the molecule is CC[C@@H](C)Nc1cc(C)c(-c2sc(C(=O)NC3CCOCC3)nc2C(=O)N2CC(F)(F)C[C@@H]2C)cn1.CC[C@@H](C)Nc1cc(C)c(-c2sc(C(=O)NC3CCS(=O)(=O)CC3)nc2C(=O)N2CC(F)(F)C[C@@H]2C)cn1.CC[C@@H](C)Nc1cc(C)c(-c2sc(C(=O)N[C@H](C)CO)nc2C(=O)N2CC(F)(F)C[C@@H]2C)cn1.Cc1cc(NC(C)(C)C)ncc1-c1sc(C(=O)N[C@H](C)CO)nc1C(=O)N1C2CCC1CC2. The minimum absolute atomic E-state index is 0.00619. The average Bonchev–Trinajstić information content (AvgIpc) is 1.61. The first-order valence-electron chi connectivity index (χ1n) is 48.0. The zero-order valence-corrected chi connectivity index (χ0v) is 87.0. The summed E-state index contributed by atoms with van der Waals surface area (Å²) in [7, 11) is -3.10. The van der Waals surface area contributed by atoms with Crippen LogP contribution in [0.5, 0.6) is 0 Å². The molecule has 7 aliphatic heterocycles. The minimum atomic E-state index is -3.10. The summed E-state index contributed by atoms with van der Waals surface area (Å²) in [4.78, 5) is 148. The predicted octanol–water partition coefficient (Wildman–Crippen LogP) is 15.7. The molecule has 0 aliphatic carbocycles. The highest BCUT2D eigenvalue weighted by Gasteiger charge is 2.51. The predicted molar refractivity (Wildman–Crippen MR) is 535 cm³/mol. The van der Waals surface area contributed by atoms with Crippen molar-refractivity contribution in [3.05, 3.63) is 114 Å². The van der Waals surface area contributed by atoms with Gasteiger partial charge in [-0.05, 0) is 221 Å². The zero-order valence-electron chi connectivity index (χ0n) is 82.9. The van der Waals surface area contributed by atoms with Gasteiger partial charge in [-0.1, -0.05) is 20.8 Å². The molecule has 2 bridgehead atoms. The van der Waals surface area contributed by atoms with Gasteiger partial charge in [0.1, 0.15) is 55.9 Å². The highest BCUT2D eigenvalue weighted by atomic mass is 32.2. The van der Waals surface area contributed by atoms with Gasteiger partial charge in [0.15, 0.2) is 20.0 Å². The topological polar surface area (TPSA) is 433 Å². The summed E-state index contributed by atoms with van der Waals surface area (Å²) in [5, 5.41) is 43.3. The number of amides is 8. The first-order chi connectivity index (χ1) is 66.4. The maximum Gasteiger partial charge on any atom is 0.280 e. The second-order valence-electron chi connectivity index (χ2n) is 39.1. The van der Waals surface area contributed by atoms with Gasteiger partial charge in [0.05, 0.1) is 63.9 Å². The molecule has 8 atom stereocenters. The fourth-order valence-electron chi connectivity index (χ4n) is 17.6. The Morgan fingerprint density at radius 1 is 0.440 bits per heavy atom. The van der Waals surface area contributed by atoms with E-state index in [0.29, 0.717) is 98.2 Å². The number of likely N-dealkylation sites (tertiary alicyclic amines) is 3. The number of thiazole rings is 4. The van der Waals surface area contributed by atoms with Crippen molar-refractivity contribution in [3.63, 3.8) is 0 Å². The molecule has 0 unspecified atom stereocenters. The summed E-state index contributed by atoms with van der Waals surface area (Å²) in [6, 6.07) is 5.46. The van der Waals surface area contributed by atoms with E-state index in [1.54, 1.807) is 59.4 Å². The Bertz CT molecular complexity index is 5960. The third-order valence-corrected chi connectivity index (χ3v) is 31.9. The molecule has 0 spiro atoms. The van der Waals surface area contributed by atoms with E-state index in [1.165, 1.54) is 11.3 Å². The molecule has 8 aromatic rings. The van der Waals surface area contributed by atoms with Gasteiger partial charge in [-0.2, -0.15) is 0 Å². The molecular weight excluding hydrogens is 1930 g/mol. The number of carbonyl (C=O) groups is 8. The summed E-state index contributed by atoms with van der Waals surface area (Å²) in [6.45, 7) is 32.8. The van der Waals surface area contributed by atoms with E-state index >= 15 is 0 Å². The third-order valence-electron chi connectivity index (χ3n) is 25.8. The first-order valence-corrected chi connectivity index (χ1v) is 53.1. The second-order valence-corrected chi connectivity index (χ2v) is 45.4. The van der Waals surface area contributed by atoms with Crippen LogP contribution in [0.15, 0.2) is 49.1 Å². The van der Waals surface area contributed by atoms with Crippen molar-refractivity contribution in [2.24, 2.45) is 0 Å². The Morgan fingerprint density at radius 2 is 0.723 bits per heavy atom. The molecule has 7 saturated heterocycles. The summed E-state index contributed by atoms with van der Waals surface area (Å²) >= 11 is 4.29. The van der Waals surface area contributed by atoms with Crippen molar-refractivity contribution >= 4 is 126 Å². The van der Waals surface area contributed by atoms with Crippen LogP contribution in [0.2, 0.25) is 0 Å². The number of halogens is 6. The van der Waals surface area contributed by atoms with E-state index in [1.807, 2.05) is 70.7 Å². The molecule has 15 heterocycles. The summed E-state index contributed by atoms with van der Waals surface area (Å²) < 4.78 is 113. The summed E-state index contributed by atoms with van der Waals surface area (Å²) in [6.07, 6.45) is 14.2. The monoisotopic (exact) mass is 2060 g/mol. The van der Waals surface area contributed by atoms with Crippen LogP contribution in [-0.2, 0) is 14.6 Å². The number of carbonyl (C=O) groups excluding carboxylic acids is 8. The summed E-state index contributed by atoms with van der Waals surface area (Å²) in [5.74, 6) is -9.98. The number of anilines is 4. The van der Waals surface area contributed by atoms with Crippen molar-refractivity contribution in [1.82, 2.24) is 80.7 Å². The van der Waals surface area contributed by atoms with Gasteiger partial charge in [0, 0.05) is 158 Å². The quantitative estimate of drug-likeness (QED) is 0.0204. The molecule has 10 N–H and O–H groups in total. The van der Waals surface area contributed by atoms with Crippen LogP contribution < -0.4 is 42.5 Å². The number of fused-ring (bicyclic) bond motifs is 2. The largest absolute Gasteiger partial charge is 0.394 e. The molecule has 0 radical (unpaired) electrons. The molecule has 7 aliphatic rings. The van der Waals surface area contributed by atoms with Crippen molar-refractivity contribution in [2.45, 2.75) is 310 Å². The summed E-state index contributed by atoms with van der Waals surface area (Å²) in [5.41, 5.74) is 6.09. The van der Waals surface area contributed by atoms with Gasteiger partial charge in [0.2, 0.25) is 0 Å². The number of sulfone groups is 1. The smallest absolute Gasteiger partial charge is 0.280 e. The Hall–Kier alpha value is -10.5. The lowest BCUT2D eigenvalue weighted by molar-refractivity contribution is 0.0115. The van der Waals surface area contributed by atoms with Crippen molar-refractivity contribution in [3.8, 4) is 41.8 Å².